The van der Waals surface area contributed by atoms with E-state index in [4.69, 9.17) is 0 Å². The van der Waals surface area contributed by atoms with Gasteiger partial charge in [-0.15, -0.1) is 0 Å². The zero-order valence-electron chi connectivity index (χ0n) is 7.54. The molecule has 0 heterocycles. The van der Waals surface area contributed by atoms with E-state index < -0.39 is 0 Å². The first-order valence-corrected chi connectivity index (χ1v) is 4.42. The summed E-state index contributed by atoms with van der Waals surface area (Å²) in [6.45, 7) is 0. The lowest BCUT2D eigenvalue weighted by Gasteiger charge is -1.96. The lowest BCUT2D eigenvalue weighted by molar-refractivity contribution is -0.103. The van der Waals surface area contributed by atoms with E-state index in [2.05, 4.69) is 11.8 Å². The summed E-state index contributed by atoms with van der Waals surface area (Å²) in [5.41, 5.74) is 2.65. The number of hydrogen-bond donors (Lipinski definition) is 0. The summed E-state index contributed by atoms with van der Waals surface area (Å²) in [7, 11) is 0. The molecule has 2 rings (SSSR count). The second-order valence-electron chi connectivity index (χ2n) is 3.18. The van der Waals surface area contributed by atoms with Crippen molar-refractivity contribution in [2.75, 3.05) is 0 Å². The lowest BCUT2D eigenvalue weighted by Crippen LogP contribution is -1.90. The number of aldehydes is 1. The van der Waals surface area contributed by atoms with Crippen molar-refractivity contribution < 1.29 is 9.59 Å². The molecule has 0 bridgehead atoms. The standard InChI is InChI=1S/C12H8O2/c13-7-1-2-9-3-5-11-10(8-9)4-6-12(11)14/h3,5,7-8H,4,6H2. The molecule has 1 aromatic carbocycles. The van der Waals surface area contributed by atoms with Gasteiger partial charge in [-0.2, -0.15) is 0 Å². The molecule has 0 radical (unpaired) electrons. The van der Waals surface area contributed by atoms with Gasteiger partial charge in [0.05, 0.1) is 0 Å². The Labute approximate surface area is 81.9 Å². The maximum absolute atomic E-state index is 11.3. The molecule has 0 spiro atoms. The van der Waals surface area contributed by atoms with Crippen LogP contribution in [0.2, 0.25) is 0 Å². The number of carbonyl (C=O) groups is 2. The van der Waals surface area contributed by atoms with Crippen LogP contribution >= 0.6 is 0 Å². The minimum atomic E-state index is 0.204. The molecule has 0 amide bonds. The minimum Gasteiger partial charge on any atom is -0.294 e. The van der Waals surface area contributed by atoms with Crippen molar-refractivity contribution in [2.24, 2.45) is 0 Å². The number of Topliss-reactive ketones (excluding diaryl/α,β-unsaturated/α-hetero) is 1. The summed E-state index contributed by atoms with van der Waals surface area (Å²) in [5.74, 6) is 5.26. The zero-order chi connectivity index (χ0) is 9.97. The Hall–Kier alpha value is -1.88. The Kier molecular flexibility index (Phi) is 2.16. The van der Waals surface area contributed by atoms with Gasteiger partial charge in [-0.3, -0.25) is 9.59 Å². The van der Waals surface area contributed by atoms with Crippen LogP contribution in [0.1, 0.15) is 27.9 Å². The molecule has 0 aliphatic heterocycles. The van der Waals surface area contributed by atoms with E-state index in [1.807, 2.05) is 6.07 Å². The number of hydrogen-bond acceptors (Lipinski definition) is 2. The second-order valence-corrected chi connectivity index (χ2v) is 3.18. The highest BCUT2D eigenvalue weighted by Gasteiger charge is 2.18. The number of aryl methyl sites for hydroxylation is 1. The summed E-state index contributed by atoms with van der Waals surface area (Å²) >= 11 is 0. The number of carbonyl (C=O) groups excluding carboxylic acids is 2. The SMILES string of the molecule is O=CC#Cc1ccc2c(c1)CCC2=O. The van der Waals surface area contributed by atoms with Crippen LogP contribution in [0.4, 0.5) is 0 Å². The Morgan fingerprint density at radius 2 is 2.14 bits per heavy atom. The van der Waals surface area contributed by atoms with Crippen LogP contribution in [-0.4, -0.2) is 12.1 Å². The van der Waals surface area contributed by atoms with Gasteiger partial charge < -0.3 is 0 Å². The van der Waals surface area contributed by atoms with E-state index in [0.717, 1.165) is 23.1 Å². The van der Waals surface area contributed by atoms with E-state index in [0.29, 0.717) is 12.7 Å². The van der Waals surface area contributed by atoms with Crippen molar-refractivity contribution in [1.29, 1.82) is 0 Å². The summed E-state index contributed by atoms with van der Waals surface area (Å²) in [6.07, 6.45) is 1.96. The van der Waals surface area contributed by atoms with Crippen LogP contribution < -0.4 is 0 Å². The predicted molar refractivity (Wildman–Crippen MR) is 52.0 cm³/mol. The molecule has 68 valence electrons. The molecule has 1 aliphatic carbocycles. The third kappa shape index (κ3) is 1.45. The minimum absolute atomic E-state index is 0.204. The molecule has 0 unspecified atom stereocenters. The highest BCUT2D eigenvalue weighted by molar-refractivity contribution is 6.00. The molecule has 0 saturated carbocycles. The van der Waals surface area contributed by atoms with E-state index in [9.17, 15) is 9.59 Å². The van der Waals surface area contributed by atoms with Gasteiger partial charge in [-0.1, -0.05) is 5.92 Å². The number of ketones is 1. The molecular weight excluding hydrogens is 176 g/mol. The average molecular weight is 184 g/mol. The van der Waals surface area contributed by atoms with E-state index >= 15 is 0 Å². The first kappa shape index (κ1) is 8.71. The molecule has 1 aliphatic rings. The van der Waals surface area contributed by atoms with Crippen LogP contribution in [0.25, 0.3) is 0 Å². The van der Waals surface area contributed by atoms with Crippen molar-refractivity contribution in [3.8, 4) is 11.8 Å². The Balaban J connectivity index is 2.42. The lowest BCUT2D eigenvalue weighted by atomic mass is 10.1. The van der Waals surface area contributed by atoms with Crippen LogP contribution in [0.5, 0.6) is 0 Å². The Bertz CT molecular complexity index is 461. The van der Waals surface area contributed by atoms with Gasteiger partial charge in [0, 0.05) is 17.5 Å². The fourth-order valence-corrected chi connectivity index (χ4v) is 1.65. The van der Waals surface area contributed by atoms with E-state index in [1.54, 1.807) is 12.1 Å². The van der Waals surface area contributed by atoms with Crippen LogP contribution in [0.3, 0.4) is 0 Å². The topological polar surface area (TPSA) is 34.1 Å². The summed E-state index contributed by atoms with van der Waals surface area (Å²) < 4.78 is 0. The first-order chi connectivity index (χ1) is 6.81. The molecule has 2 heteroatoms. The fourth-order valence-electron chi connectivity index (χ4n) is 1.65. The van der Waals surface area contributed by atoms with Gasteiger partial charge in [-0.05, 0) is 36.1 Å². The van der Waals surface area contributed by atoms with Crippen molar-refractivity contribution in [3.63, 3.8) is 0 Å². The van der Waals surface area contributed by atoms with Gasteiger partial charge in [0.2, 0.25) is 0 Å². The van der Waals surface area contributed by atoms with Gasteiger partial charge in [-0.25, -0.2) is 0 Å². The second kappa shape index (κ2) is 3.47. The highest BCUT2D eigenvalue weighted by Crippen LogP contribution is 2.22. The zero-order valence-corrected chi connectivity index (χ0v) is 7.54. The summed E-state index contributed by atoms with van der Waals surface area (Å²) in [6, 6.07) is 5.45. The van der Waals surface area contributed by atoms with Gasteiger partial charge in [0.15, 0.2) is 12.1 Å². The summed E-state index contributed by atoms with van der Waals surface area (Å²) in [5, 5.41) is 0. The Morgan fingerprint density at radius 1 is 1.29 bits per heavy atom. The van der Waals surface area contributed by atoms with Crippen LogP contribution in [0.15, 0.2) is 18.2 Å². The predicted octanol–water partition coefficient (Wildman–Crippen LogP) is 1.37. The first-order valence-electron chi connectivity index (χ1n) is 4.42. The number of rotatable bonds is 0. The molecule has 0 aromatic heterocycles. The molecule has 1 aromatic rings. The van der Waals surface area contributed by atoms with Gasteiger partial charge in [0.25, 0.3) is 0 Å². The van der Waals surface area contributed by atoms with Crippen molar-refractivity contribution >= 4 is 12.1 Å². The molecular formula is C12H8O2. The molecule has 0 N–H and O–H groups in total. The monoisotopic (exact) mass is 184 g/mol. The van der Waals surface area contributed by atoms with Crippen molar-refractivity contribution in [3.05, 3.63) is 34.9 Å². The van der Waals surface area contributed by atoms with Crippen molar-refractivity contribution in [2.45, 2.75) is 12.8 Å². The number of benzene rings is 1. The Morgan fingerprint density at radius 3 is 2.93 bits per heavy atom. The molecule has 14 heavy (non-hydrogen) atoms. The van der Waals surface area contributed by atoms with Crippen molar-refractivity contribution in [1.82, 2.24) is 0 Å². The normalized spacial score (nSPS) is 13.0. The maximum Gasteiger partial charge on any atom is 0.193 e. The number of fused-ring (bicyclic) bond motifs is 1. The average Bonchev–Trinajstić information content (AvgIpc) is 2.57. The molecule has 0 saturated heterocycles. The van der Waals surface area contributed by atoms with Crippen LogP contribution in [-0.2, 0) is 11.2 Å². The van der Waals surface area contributed by atoms with E-state index in [-0.39, 0.29) is 5.78 Å². The molecule has 0 fully saturated rings. The van der Waals surface area contributed by atoms with E-state index in [1.165, 1.54) is 0 Å². The third-order valence-electron chi connectivity index (χ3n) is 2.30. The fraction of sp³-hybridized carbons (Fsp3) is 0.167. The van der Waals surface area contributed by atoms with Gasteiger partial charge >= 0.3 is 0 Å². The quantitative estimate of drug-likeness (QED) is 0.450. The molecule has 0 atom stereocenters. The summed E-state index contributed by atoms with van der Waals surface area (Å²) in [4.78, 5) is 21.3. The van der Waals surface area contributed by atoms with Gasteiger partial charge in [0.1, 0.15) is 0 Å². The molecule has 2 nitrogen and oxygen atoms in total. The largest absolute Gasteiger partial charge is 0.294 e. The van der Waals surface area contributed by atoms with Crippen LogP contribution in [0, 0.1) is 11.8 Å². The highest BCUT2D eigenvalue weighted by atomic mass is 16.1. The smallest absolute Gasteiger partial charge is 0.193 e. The third-order valence-corrected chi connectivity index (χ3v) is 2.30. The maximum atomic E-state index is 11.3.